The highest BCUT2D eigenvalue weighted by molar-refractivity contribution is 6.36. The van der Waals surface area contributed by atoms with Crippen molar-refractivity contribution in [2.24, 2.45) is 0 Å². The molecule has 0 saturated heterocycles. The van der Waals surface area contributed by atoms with E-state index in [1.165, 1.54) is 12.1 Å². The molecule has 1 aliphatic rings. The van der Waals surface area contributed by atoms with Gasteiger partial charge in [0.25, 0.3) is 5.91 Å². The largest absolute Gasteiger partial charge is 0.467 e. The van der Waals surface area contributed by atoms with Gasteiger partial charge in [0, 0.05) is 10.7 Å². The molecule has 27 heavy (non-hydrogen) atoms. The third-order valence-electron chi connectivity index (χ3n) is 4.29. The molecule has 0 bridgehead atoms. The van der Waals surface area contributed by atoms with Crippen molar-refractivity contribution in [2.75, 3.05) is 6.61 Å². The number of allylic oxidation sites excluding steroid dienone is 2. The summed E-state index contributed by atoms with van der Waals surface area (Å²) in [6.45, 7) is -0.0766. The van der Waals surface area contributed by atoms with Gasteiger partial charge in [-0.1, -0.05) is 29.3 Å². The fourth-order valence-corrected chi connectivity index (χ4v) is 3.40. The first kappa shape index (κ1) is 19.5. The Labute approximate surface area is 167 Å². The fraction of sp³-hybridized carbons (Fsp3) is 0.300. The molecule has 1 amide bonds. The fourth-order valence-electron chi connectivity index (χ4n) is 2.91. The van der Waals surface area contributed by atoms with Gasteiger partial charge in [-0.25, -0.2) is 4.79 Å². The van der Waals surface area contributed by atoms with Gasteiger partial charge < -0.3 is 14.1 Å². The predicted octanol–water partition coefficient (Wildman–Crippen LogP) is 5.23. The third kappa shape index (κ3) is 5.15. The van der Waals surface area contributed by atoms with Crippen LogP contribution in [0, 0.1) is 0 Å². The van der Waals surface area contributed by atoms with Gasteiger partial charge >= 0.3 is 5.97 Å². The number of halogens is 2. The van der Waals surface area contributed by atoms with Crippen molar-refractivity contribution in [2.45, 2.75) is 32.2 Å². The molecule has 142 valence electrons. The monoisotopic (exact) mass is 407 g/mol. The van der Waals surface area contributed by atoms with Gasteiger partial charge in [0.1, 0.15) is 5.76 Å². The summed E-state index contributed by atoms with van der Waals surface area (Å²) in [5, 5.41) is 0.601. The van der Waals surface area contributed by atoms with E-state index in [-0.39, 0.29) is 23.1 Å². The van der Waals surface area contributed by atoms with E-state index in [0.29, 0.717) is 17.3 Å². The third-order valence-corrected chi connectivity index (χ3v) is 4.83. The number of carbonyl (C=O) groups is 2. The molecule has 0 radical (unpaired) electrons. The van der Waals surface area contributed by atoms with Crippen molar-refractivity contribution in [1.82, 2.24) is 4.90 Å². The molecule has 1 aromatic carbocycles. The molecular formula is C20H19Cl2NO4. The molecule has 0 atom stereocenters. The molecule has 0 unspecified atom stereocenters. The number of rotatable bonds is 6. The van der Waals surface area contributed by atoms with Crippen LogP contribution in [-0.4, -0.2) is 23.4 Å². The Balaban J connectivity index is 1.68. The second-order valence-corrected chi connectivity index (χ2v) is 7.04. The van der Waals surface area contributed by atoms with Crippen LogP contribution < -0.4 is 0 Å². The van der Waals surface area contributed by atoms with Crippen LogP contribution >= 0.6 is 23.2 Å². The van der Waals surface area contributed by atoms with Crippen LogP contribution in [0.25, 0.3) is 0 Å². The standard InChI is InChI=1S/C20H19Cl2NO4/c21-14-8-9-17(18(22)11-14)20(25)27-13-19(24)23(12-16-7-4-10-26-16)15-5-2-1-3-6-15/h4-5,7-11H,1-3,6,12-13H2. The molecule has 1 heterocycles. The van der Waals surface area contributed by atoms with E-state index >= 15 is 0 Å². The molecule has 1 aromatic heterocycles. The zero-order valence-corrected chi connectivity index (χ0v) is 16.1. The zero-order chi connectivity index (χ0) is 19.2. The van der Waals surface area contributed by atoms with Crippen molar-refractivity contribution >= 4 is 35.1 Å². The van der Waals surface area contributed by atoms with E-state index in [2.05, 4.69) is 6.08 Å². The van der Waals surface area contributed by atoms with Gasteiger partial charge in [0.2, 0.25) is 0 Å². The van der Waals surface area contributed by atoms with Gasteiger partial charge in [-0.2, -0.15) is 0 Å². The van der Waals surface area contributed by atoms with E-state index in [0.717, 1.165) is 31.4 Å². The van der Waals surface area contributed by atoms with Gasteiger partial charge in [-0.05, 0) is 56.0 Å². The molecule has 0 aliphatic heterocycles. The first-order valence-corrected chi connectivity index (χ1v) is 9.44. The molecular weight excluding hydrogens is 389 g/mol. The topological polar surface area (TPSA) is 59.8 Å². The quantitative estimate of drug-likeness (QED) is 0.615. The maximum atomic E-state index is 12.8. The molecule has 5 nitrogen and oxygen atoms in total. The molecule has 1 aliphatic carbocycles. The predicted molar refractivity (Wildman–Crippen MR) is 103 cm³/mol. The number of hydrogen-bond acceptors (Lipinski definition) is 4. The summed E-state index contributed by atoms with van der Waals surface area (Å²) < 4.78 is 10.6. The molecule has 3 rings (SSSR count). The van der Waals surface area contributed by atoms with E-state index in [1.807, 2.05) is 6.07 Å². The van der Waals surface area contributed by atoms with Gasteiger partial charge in [-0.15, -0.1) is 0 Å². The van der Waals surface area contributed by atoms with Crippen molar-refractivity contribution in [3.8, 4) is 0 Å². The lowest BCUT2D eigenvalue weighted by Gasteiger charge is -2.27. The molecule has 0 fully saturated rings. The highest BCUT2D eigenvalue weighted by Crippen LogP contribution is 2.24. The van der Waals surface area contributed by atoms with Crippen LogP contribution in [0.1, 0.15) is 41.8 Å². The highest BCUT2D eigenvalue weighted by atomic mass is 35.5. The number of furan rings is 1. The second-order valence-electron chi connectivity index (χ2n) is 6.20. The number of benzene rings is 1. The number of amides is 1. The van der Waals surface area contributed by atoms with Crippen molar-refractivity contribution in [3.05, 3.63) is 69.7 Å². The van der Waals surface area contributed by atoms with E-state index in [9.17, 15) is 9.59 Å². The summed E-state index contributed by atoms with van der Waals surface area (Å²) in [4.78, 5) is 26.6. The van der Waals surface area contributed by atoms with E-state index in [1.54, 1.807) is 23.3 Å². The van der Waals surface area contributed by atoms with Crippen molar-refractivity contribution in [3.63, 3.8) is 0 Å². The van der Waals surface area contributed by atoms with Gasteiger partial charge in [-0.3, -0.25) is 4.79 Å². The highest BCUT2D eigenvalue weighted by Gasteiger charge is 2.23. The summed E-state index contributed by atoms with van der Waals surface area (Å²) in [7, 11) is 0. The minimum atomic E-state index is -0.666. The average molecular weight is 408 g/mol. The number of hydrogen-bond donors (Lipinski definition) is 0. The number of ether oxygens (including phenoxy) is 1. The summed E-state index contributed by atoms with van der Waals surface area (Å²) in [6, 6.07) is 8.06. The van der Waals surface area contributed by atoms with Crippen LogP contribution in [0.2, 0.25) is 10.0 Å². The summed E-state index contributed by atoms with van der Waals surface area (Å²) in [5.74, 6) is -0.305. The lowest BCUT2D eigenvalue weighted by atomic mass is 10.0. The zero-order valence-electron chi connectivity index (χ0n) is 14.6. The summed E-state index contributed by atoms with van der Waals surface area (Å²) in [5.41, 5.74) is 1.10. The average Bonchev–Trinajstić information content (AvgIpc) is 3.18. The second kappa shape index (κ2) is 9.11. The molecule has 0 saturated carbocycles. The lowest BCUT2D eigenvalue weighted by molar-refractivity contribution is -0.133. The number of carbonyl (C=O) groups excluding carboxylic acids is 2. The maximum Gasteiger partial charge on any atom is 0.340 e. The lowest BCUT2D eigenvalue weighted by Crippen LogP contribution is -2.34. The number of esters is 1. The Morgan fingerprint density at radius 1 is 1.19 bits per heavy atom. The van der Waals surface area contributed by atoms with Crippen molar-refractivity contribution in [1.29, 1.82) is 0 Å². The molecule has 7 heteroatoms. The maximum absolute atomic E-state index is 12.8. The van der Waals surface area contributed by atoms with Crippen LogP contribution in [0.15, 0.2) is 52.8 Å². The molecule has 0 N–H and O–H groups in total. The van der Waals surface area contributed by atoms with Crippen molar-refractivity contribution < 1.29 is 18.7 Å². The van der Waals surface area contributed by atoms with E-state index in [4.69, 9.17) is 32.4 Å². The first-order valence-electron chi connectivity index (χ1n) is 8.68. The molecule has 2 aromatic rings. The molecule has 0 spiro atoms. The summed E-state index contributed by atoms with van der Waals surface area (Å²) >= 11 is 11.8. The Kier molecular flexibility index (Phi) is 6.58. The van der Waals surface area contributed by atoms with E-state index < -0.39 is 5.97 Å². The Hall–Kier alpha value is -2.24. The minimum absolute atomic E-state index is 0.170. The Morgan fingerprint density at radius 2 is 2.04 bits per heavy atom. The SMILES string of the molecule is O=C(OCC(=O)N(Cc1ccco1)C1=CCCCC1)c1ccc(Cl)cc1Cl. The van der Waals surface area contributed by atoms with Crippen LogP contribution in [0.5, 0.6) is 0 Å². The first-order chi connectivity index (χ1) is 13.0. The smallest absolute Gasteiger partial charge is 0.340 e. The normalized spacial score (nSPS) is 13.8. The van der Waals surface area contributed by atoms with Crippen LogP contribution in [-0.2, 0) is 16.1 Å². The number of nitrogens with zero attached hydrogens (tertiary/aromatic N) is 1. The minimum Gasteiger partial charge on any atom is -0.467 e. The Morgan fingerprint density at radius 3 is 2.70 bits per heavy atom. The van der Waals surface area contributed by atoms with Crippen LogP contribution in [0.4, 0.5) is 0 Å². The van der Waals surface area contributed by atoms with Gasteiger partial charge in [0.05, 0.1) is 23.4 Å². The summed E-state index contributed by atoms with van der Waals surface area (Å²) in [6.07, 6.45) is 7.49. The van der Waals surface area contributed by atoms with Crippen LogP contribution in [0.3, 0.4) is 0 Å². The Bertz CT molecular complexity index is 846. The van der Waals surface area contributed by atoms with Gasteiger partial charge in [0.15, 0.2) is 6.61 Å².